The van der Waals surface area contributed by atoms with Crippen LogP contribution in [0, 0.1) is 12.7 Å². The molecule has 1 amide bonds. The van der Waals surface area contributed by atoms with E-state index in [0.717, 1.165) is 5.69 Å². The Kier molecular flexibility index (Phi) is 4.41. The molecule has 0 aliphatic heterocycles. The first-order chi connectivity index (χ1) is 11.6. The Morgan fingerprint density at radius 1 is 1.33 bits per heavy atom. The second-order valence-corrected chi connectivity index (χ2v) is 5.46. The van der Waals surface area contributed by atoms with E-state index in [1.165, 1.54) is 12.3 Å². The maximum atomic E-state index is 13.7. The molecule has 0 saturated heterocycles. The van der Waals surface area contributed by atoms with Crippen LogP contribution in [0.5, 0.6) is 0 Å². The lowest BCUT2D eigenvalue weighted by molar-refractivity contribution is 0.101. The average Bonchev–Trinajstić information content (AvgIpc) is 3.15. The lowest BCUT2D eigenvalue weighted by Gasteiger charge is -2.05. The van der Waals surface area contributed by atoms with Crippen molar-refractivity contribution in [2.24, 2.45) is 0 Å². The van der Waals surface area contributed by atoms with E-state index >= 15 is 0 Å². The first-order valence-corrected chi connectivity index (χ1v) is 7.68. The number of rotatable bonds is 5. The highest BCUT2D eigenvalue weighted by molar-refractivity contribution is 6.03. The van der Waals surface area contributed by atoms with E-state index < -0.39 is 0 Å². The van der Waals surface area contributed by atoms with Gasteiger partial charge in [0.25, 0.3) is 5.91 Å². The lowest BCUT2D eigenvalue weighted by atomic mass is 10.2. The zero-order valence-corrected chi connectivity index (χ0v) is 13.5. The number of hydrogen-bond donors (Lipinski definition) is 1. The van der Waals surface area contributed by atoms with Gasteiger partial charge in [-0.25, -0.2) is 4.39 Å². The highest BCUT2D eigenvalue weighted by Gasteiger charge is 2.14. The summed E-state index contributed by atoms with van der Waals surface area (Å²) < 4.78 is 16.9. The molecule has 0 radical (unpaired) electrons. The maximum absolute atomic E-state index is 13.7. The van der Waals surface area contributed by atoms with Crippen LogP contribution in [0.4, 0.5) is 10.1 Å². The second-order valence-electron chi connectivity index (χ2n) is 5.46. The topological polar surface area (TPSA) is 64.7 Å². The number of carbonyl (C=O) groups is 1. The molecule has 7 heteroatoms. The molecule has 0 saturated carbocycles. The summed E-state index contributed by atoms with van der Waals surface area (Å²) >= 11 is 0. The fraction of sp³-hybridized carbons (Fsp3) is 0.235. The maximum Gasteiger partial charge on any atom is 0.274 e. The van der Waals surface area contributed by atoms with Crippen molar-refractivity contribution in [3.05, 3.63) is 65.5 Å². The Morgan fingerprint density at radius 3 is 2.88 bits per heavy atom. The molecule has 0 unspecified atom stereocenters. The molecule has 24 heavy (non-hydrogen) atoms. The number of nitrogens with zero attached hydrogens (tertiary/aromatic N) is 4. The summed E-state index contributed by atoms with van der Waals surface area (Å²) in [6.45, 7) is 4.68. The molecule has 0 aliphatic rings. The highest BCUT2D eigenvalue weighted by atomic mass is 19.1. The fourth-order valence-electron chi connectivity index (χ4n) is 2.48. The van der Waals surface area contributed by atoms with Gasteiger partial charge >= 0.3 is 0 Å². The molecule has 0 aliphatic carbocycles. The summed E-state index contributed by atoms with van der Waals surface area (Å²) in [5, 5.41) is 11.2. The van der Waals surface area contributed by atoms with E-state index in [-0.39, 0.29) is 11.7 Å². The van der Waals surface area contributed by atoms with Crippen molar-refractivity contribution in [1.29, 1.82) is 0 Å². The Balaban J connectivity index is 1.72. The largest absolute Gasteiger partial charge is 0.318 e. The van der Waals surface area contributed by atoms with Gasteiger partial charge in [0.15, 0.2) is 0 Å². The Labute approximate surface area is 138 Å². The molecule has 2 heterocycles. The monoisotopic (exact) mass is 327 g/mol. The molecule has 2 aromatic heterocycles. The van der Waals surface area contributed by atoms with Crippen molar-refractivity contribution in [3.8, 4) is 0 Å². The Morgan fingerprint density at radius 2 is 2.12 bits per heavy atom. The average molecular weight is 327 g/mol. The van der Waals surface area contributed by atoms with Crippen LogP contribution >= 0.6 is 0 Å². The van der Waals surface area contributed by atoms with Gasteiger partial charge in [0.1, 0.15) is 11.5 Å². The number of hydrogen-bond acceptors (Lipinski definition) is 3. The number of aromatic nitrogens is 4. The van der Waals surface area contributed by atoms with Gasteiger partial charge in [-0.3, -0.25) is 14.2 Å². The van der Waals surface area contributed by atoms with Crippen LogP contribution in [-0.2, 0) is 13.1 Å². The second kappa shape index (κ2) is 6.66. The van der Waals surface area contributed by atoms with Crippen LogP contribution in [0.1, 0.15) is 28.7 Å². The third kappa shape index (κ3) is 3.34. The van der Waals surface area contributed by atoms with Gasteiger partial charge in [-0.05, 0) is 26.0 Å². The van der Waals surface area contributed by atoms with Crippen molar-refractivity contribution in [2.75, 3.05) is 5.32 Å². The quantitative estimate of drug-likeness (QED) is 0.784. The summed E-state index contributed by atoms with van der Waals surface area (Å²) in [7, 11) is 0. The van der Waals surface area contributed by atoms with Gasteiger partial charge in [-0.2, -0.15) is 10.2 Å². The van der Waals surface area contributed by atoms with Gasteiger partial charge in [0.2, 0.25) is 0 Å². The Bertz CT molecular complexity index is 868. The predicted octanol–water partition coefficient (Wildman–Crippen LogP) is 2.85. The SMILES string of the molecule is CCn1nc(C)cc1C(=O)Nc1cnn(Cc2ccccc2F)c1. The molecular formula is C17H18FN5O. The minimum absolute atomic E-state index is 0.247. The summed E-state index contributed by atoms with van der Waals surface area (Å²) in [5.41, 5.74) is 2.38. The summed E-state index contributed by atoms with van der Waals surface area (Å²) in [5.74, 6) is -0.524. The van der Waals surface area contributed by atoms with Crippen LogP contribution in [0.15, 0.2) is 42.7 Å². The van der Waals surface area contributed by atoms with Gasteiger partial charge in [0.05, 0.1) is 24.1 Å². The van der Waals surface area contributed by atoms with Gasteiger partial charge < -0.3 is 5.32 Å². The van der Waals surface area contributed by atoms with E-state index in [2.05, 4.69) is 15.5 Å². The van der Waals surface area contributed by atoms with Gasteiger partial charge in [0, 0.05) is 18.3 Å². The minimum atomic E-state index is -0.277. The third-order valence-corrected chi connectivity index (χ3v) is 3.62. The Hall–Kier alpha value is -2.96. The number of carbonyl (C=O) groups excluding carboxylic acids is 1. The van der Waals surface area contributed by atoms with E-state index in [9.17, 15) is 9.18 Å². The number of anilines is 1. The molecular weight excluding hydrogens is 309 g/mol. The normalized spacial score (nSPS) is 10.8. The molecule has 124 valence electrons. The van der Waals surface area contributed by atoms with Crippen LogP contribution in [0.2, 0.25) is 0 Å². The number of amides is 1. The summed E-state index contributed by atoms with van der Waals surface area (Å²) in [6, 6.07) is 8.28. The van der Waals surface area contributed by atoms with E-state index in [1.807, 2.05) is 13.8 Å². The predicted molar refractivity (Wildman–Crippen MR) is 88.3 cm³/mol. The van der Waals surface area contributed by atoms with Crippen LogP contribution < -0.4 is 5.32 Å². The van der Waals surface area contributed by atoms with Crippen molar-refractivity contribution >= 4 is 11.6 Å². The minimum Gasteiger partial charge on any atom is -0.318 e. The first kappa shape index (κ1) is 15.9. The molecule has 0 spiro atoms. The summed E-state index contributed by atoms with van der Waals surface area (Å²) in [6.07, 6.45) is 3.21. The number of benzene rings is 1. The van der Waals surface area contributed by atoms with E-state index in [4.69, 9.17) is 0 Å². The molecule has 0 fully saturated rings. The van der Waals surface area contributed by atoms with E-state index in [1.54, 1.807) is 39.8 Å². The number of aryl methyl sites for hydroxylation is 2. The van der Waals surface area contributed by atoms with Gasteiger partial charge in [-0.1, -0.05) is 18.2 Å². The van der Waals surface area contributed by atoms with E-state index in [0.29, 0.717) is 30.0 Å². The molecule has 3 rings (SSSR count). The molecule has 0 atom stereocenters. The van der Waals surface area contributed by atoms with Crippen molar-refractivity contribution in [3.63, 3.8) is 0 Å². The molecule has 6 nitrogen and oxygen atoms in total. The van der Waals surface area contributed by atoms with Crippen molar-refractivity contribution in [2.45, 2.75) is 26.9 Å². The standard InChI is InChI=1S/C17H18FN5O/c1-3-23-16(8-12(2)21-23)17(24)20-14-9-19-22(11-14)10-13-6-4-5-7-15(13)18/h4-9,11H,3,10H2,1-2H3,(H,20,24). The molecule has 1 N–H and O–H groups in total. The molecule has 0 bridgehead atoms. The third-order valence-electron chi connectivity index (χ3n) is 3.62. The van der Waals surface area contributed by atoms with Crippen molar-refractivity contribution in [1.82, 2.24) is 19.6 Å². The van der Waals surface area contributed by atoms with Gasteiger partial charge in [-0.15, -0.1) is 0 Å². The number of nitrogens with one attached hydrogen (secondary N) is 1. The molecule has 1 aromatic carbocycles. The van der Waals surface area contributed by atoms with Crippen LogP contribution in [0.3, 0.4) is 0 Å². The lowest BCUT2D eigenvalue weighted by Crippen LogP contribution is -2.17. The van der Waals surface area contributed by atoms with Crippen LogP contribution in [-0.4, -0.2) is 25.5 Å². The zero-order chi connectivity index (χ0) is 17.1. The van der Waals surface area contributed by atoms with Crippen molar-refractivity contribution < 1.29 is 9.18 Å². The zero-order valence-electron chi connectivity index (χ0n) is 13.5. The smallest absolute Gasteiger partial charge is 0.274 e. The molecule has 3 aromatic rings. The first-order valence-electron chi connectivity index (χ1n) is 7.68. The van der Waals surface area contributed by atoms with Crippen LogP contribution in [0.25, 0.3) is 0 Å². The highest BCUT2D eigenvalue weighted by Crippen LogP contribution is 2.13. The number of halogens is 1. The fourth-order valence-corrected chi connectivity index (χ4v) is 2.48. The summed E-state index contributed by atoms with van der Waals surface area (Å²) in [4.78, 5) is 12.4.